The van der Waals surface area contributed by atoms with Gasteiger partial charge in [0.2, 0.25) is 5.54 Å². The molecular weight excluding hydrogens is 407 g/mol. The molecular formula is C10H10F6INO2. The fourth-order valence-electron chi connectivity index (χ4n) is 3.03. The van der Waals surface area contributed by atoms with Gasteiger partial charge in [-0.25, -0.2) is 0 Å². The van der Waals surface area contributed by atoms with Gasteiger partial charge in [-0.2, -0.15) is 26.3 Å². The van der Waals surface area contributed by atoms with E-state index in [0.717, 1.165) is 6.92 Å². The number of carbonyl (C=O) groups is 1. The third-order valence-corrected chi connectivity index (χ3v) is 5.35. The first-order valence-corrected chi connectivity index (χ1v) is 6.89. The van der Waals surface area contributed by atoms with E-state index in [-0.39, 0.29) is 6.42 Å². The van der Waals surface area contributed by atoms with Gasteiger partial charge in [0.15, 0.2) is 0 Å². The summed E-state index contributed by atoms with van der Waals surface area (Å²) in [7, 11) is 0. The third-order valence-electron chi connectivity index (χ3n) is 3.77. The highest BCUT2D eigenvalue weighted by Crippen LogP contribution is 2.59. The lowest BCUT2D eigenvalue weighted by Gasteiger charge is -2.44. The first-order valence-electron chi connectivity index (χ1n) is 5.64. The fourth-order valence-corrected chi connectivity index (χ4v) is 4.51. The van der Waals surface area contributed by atoms with Crippen LogP contribution in [0.4, 0.5) is 26.3 Å². The third kappa shape index (κ3) is 2.09. The maximum atomic E-state index is 13.0. The van der Waals surface area contributed by atoms with E-state index in [0.29, 0.717) is 0 Å². The number of esters is 1. The largest absolute Gasteiger partial charge is 0.460 e. The van der Waals surface area contributed by atoms with Crippen LogP contribution in [0, 0.1) is 5.92 Å². The Kier molecular flexibility index (Phi) is 3.72. The van der Waals surface area contributed by atoms with Crippen molar-refractivity contribution in [3.05, 3.63) is 0 Å². The number of ether oxygens (including phenoxy) is 1. The van der Waals surface area contributed by atoms with E-state index in [1.807, 2.05) is 0 Å². The molecule has 2 aliphatic rings. The van der Waals surface area contributed by atoms with Gasteiger partial charge in [0, 0.05) is 18.9 Å². The van der Waals surface area contributed by atoms with Gasteiger partial charge in [-0.15, -0.1) is 0 Å². The molecule has 1 saturated heterocycles. The lowest BCUT2D eigenvalue weighted by molar-refractivity contribution is -0.319. The molecule has 1 heterocycles. The molecule has 1 aliphatic carbocycles. The number of alkyl halides is 7. The van der Waals surface area contributed by atoms with Crippen LogP contribution in [0.1, 0.15) is 13.3 Å². The van der Waals surface area contributed by atoms with Crippen molar-refractivity contribution >= 4 is 28.6 Å². The lowest BCUT2D eigenvalue weighted by atomic mass is 9.82. The first-order chi connectivity index (χ1) is 8.92. The van der Waals surface area contributed by atoms with E-state index in [2.05, 4.69) is 0 Å². The summed E-state index contributed by atoms with van der Waals surface area (Å²) in [6.07, 6.45) is -12.2. The summed E-state index contributed by atoms with van der Waals surface area (Å²) in [4.78, 5) is 10.9. The van der Waals surface area contributed by atoms with E-state index in [1.165, 1.54) is 22.6 Å². The van der Waals surface area contributed by atoms with Gasteiger partial charge in [-0.1, -0.05) is 22.6 Å². The number of carbonyl (C=O) groups excluding carboxylic acids is 1. The van der Waals surface area contributed by atoms with Crippen molar-refractivity contribution in [1.29, 1.82) is 0 Å². The van der Waals surface area contributed by atoms with E-state index in [4.69, 9.17) is 4.74 Å². The van der Waals surface area contributed by atoms with Gasteiger partial charge >= 0.3 is 18.3 Å². The highest BCUT2D eigenvalue weighted by Gasteiger charge is 2.81. The highest BCUT2D eigenvalue weighted by atomic mass is 127. The van der Waals surface area contributed by atoms with E-state index in [1.54, 1.807) is 5.32 Å². The minimum absolute atomic E-state index is 0.329. The summed E-state index contributed by atoms with van der Waals surface area (Å²) in [5.41, 5.74) is -3.92. The number of halogens is 7. The van der Waals surface area contributed by atoms with Crippen LogP contribution in [0.5, 0.6) is 0 Å². The Labute approximate surface area is 123 Å². The van der Waals surface area contributed by atoms with Crippen molar-refractivity contribution in [3.8, 4) is 0 Å². The van der Waals surface area contributed by atoms with Crippen LogP contribution >= 0.6 is 22.6 Å². The molecule has 0 aromatic rings. The maximum Gasteiger partial charge on any atom is 0.415 e. The van der Waals surface area contributed by atoms with Crippen molar-refractivity contribution in [3.63, 3.8) is 0 Å². The molecule has 10 heteroatoms. The molecule has 20 heavy (non-hydrogen) atoms. The number of nitrogens with one attached hydrogen (secondary N) is 1. The molecule has 4 atom stereocenters. The van der Waals surface area contributed by atoms with Gasteiger partial charge in [0.1, 0.15) is 6.10 Å². The van der Waals surface area contributed by atoms with Crippen molar-refractivity contribution < 1.29 is 35.9 Å². The number of fused-ring (bicyclic) bond motifs is 2. The Morgan fingerprint density at radius 2 is 1.75 bits per heavy atom. The molecule has 0 aromatic heterocycles. The topological polar surface area (TPSA) is 38.3 Å². The summed E-state index contributed by atoms with van der Waals surface area (Å²) in [6.45, 7) is 1.07. The van der Waals surface area contributed by atoms with Gasteiger partial charge < -0.3 is 4.74 Å². The standard InChI is InChI=1S/C10H10F6INO2/c1-3(19)20-7-5-2-4(6(7)17)8(18-5,9(11,12)13)10(14,15)16/h4-7,18H,2H2,1H3/t4-,5-,6-,7-/m0/s1. The van der Waals surface area contributed by atoms with Gasteiger partial charge in [-0.3, -0.25) is 10.1 Å². The Hall–Kier alpha value is -0.260. The van der Waals surface area contributed by atoms with Crippen molar-refractivity contribution in [2.45, 2.75) is 47.3 Å². The zero-order valence-corrected chi connectivity index (χ0v) is 12.1. The second-order valence-electron chi connectivity index (χ2n) is 4.92. The second kappa shape index (κ2) is 4.62. The Bertz CT molecular complexity index is 407. The van der Waals surface area contributed by atoms with Crippen LogP contribution in [0.15, 0.2) is 0 Å². The quantitative estimate of drug-likeness (QED) is 0.309. The average Bonchev–Trinajstić information content (AvgIpc) is 2.74. The monoisotopic (exact) mass is 417 g/mol. The first kappa shape index (κ1) is 16.1. The number of hydrogen-bond acceptors (Lipinski definition) is 3. The molecule has 1 aliphatic heterocycles. The number of piperidine rings is 1. The molecule has 3 nitrogen and oxygen atoms in total. The molecule has 0 spiro atoms. The Morgan fingerprint density at radius 1 is 1.25 bits per heavy atom. The van der Waals surface area contributed by atoms with Crippen LogP contribution in [0.3, 0.4) is 0 Å². The maximum absolute atomic E-state index is 13.0. The predicted molar refractivity (Wildman–Crippen MR) is 63.2 cm³/mol. The highest BCUT2D eigenvalue weighted by molar-refractivity contribution is 14.1. The predicted octanol–water partition coefficient (Wildman–Crippen LogP) is 2.58. The Balaban J connectivity index is 2.37. The van der Waals surface area contributed by atoms with E-state index >= 15 is 0 Å². The van der Waals surface area contributed by atoms with Crippen molar-refractivity contribution in [2.75, 3.05) is 0 Å². The smallest absolute Gasteiger partial charge is 0.415 e. The van der Waals surface area contributed by atoms with Crippen LogP contribution in [0.25, 0.3) is 0 Å². The number of rotatable bonds is 1. The number of hydrogen-bond donors (Lipinski definition) is 1. The van der Waals surface area contributed by atoms with Crippen LogP contribution in [-0.4, -0.2) is 39.9 Å². The molecule has 1 N–H and O–H groups in total. The molecule has 0 radical (unpaired) electrons. The van der Waals surface area contributed by atoms with Crippen LogP contribution in [-0.2, 0) is 9.53 Å². The molecule has 0 aromatic carbocycles. The molecule has 1 saturated carbocycles. The summed E-state index contributed by atoms with van der Waals surface area (Å²) < 4.78 is 82.0. The Morgan fingerprint density at radius 3 is 2.10 bits per heavy atom. The van der Waals surface area contributed by atoms with Gasteiger partial charge in [-0.05, 0) is 6.42 Å². The van der Waals surface area contributed by atoms with Crippen LogP contribution in [0.2, 0.25) is 0 Å². The average molecular weight is 417 g/mol. The minimum atomic E-state index is -5.46. The second-order valence-corrected chi connectivity index (χ2v) is 6.35. The lowest BCUT2D eigenvalue weighted by Crippen LogP contribution is -2.73. The fraction of sp³-hybridized carbons (Fsp3) is 0.900. The molecule has 116 valence electrons. The zero-order chi connectivity index (χ0) is 15.5. The summed E-state index contributed by atoms with van der Waals surface area (Å²) in [5, 5.41) is 1.64. The van der Waals surface area contributed by atoms with Gasteiger partial charge in [0.25, 0.3) is 0 Å². The SMILES string of the molecule is CC(=O)O[C@@H]1[C@@H](I)[C@@H]2C[C@@H]1NC2(C(F)(F)F)C(F)(F)F. The van der Waals surface area contributed by atoms with Crippen molar-refractivity contribution in [2.24, 2.45) is 5.92 Å². The van der Waals surface area contributed by atoms with E-state index in [9.17, 15) is 31.1 Å². The normalized spacial score (nSPS) is 36.2. The molecule has 2 rings (SSSR count). The summed E-state index contributed by atoms with van der Waals surface area (Å²) >= 11 is 1.51. The summed E-state index contributed by atoms with van der Waals surface area (Å²) in [5.74, 6) is -2.44. The summed E-state index contributed by atoms with van der Waals surface area (Å²) in [6, 6.07) is -1.14. The van der Waals surface area contributed by atoms with Crippen LogP contribution < -0.4 is 5.32 Å². The molecule has 0 unspecified atom stereocenters. The molecule has 2 fully saturated rings. The van der Waals surface area contributed by atoms with Gasteiger partial charge in [0.05, 0.1) is 3.92 Å². The van der Waals surface area contributed by atoms with Crippen molar-refractivity contribution in [1.82, 2.24) is 5.32 Å². The zero-order valence-electron chi connectivity index (χ0n) is 9.98. The molecule has 0 amide bonds. The van der Waals surface area contributed by atoms with E-state index < -0.39 is 45.8 Å². The minimum Gasteiger partial charge on any atom is -0.460 e. The molecule has 2 bridgehead atoms.